The van der Waals surface area contributed by atoms with Crippen LogP contribution in [0.1, 0.15) is 12.8 Å². The van der Waals surface area contributed by atoms with Crippen molar-refractivity contribution in [3.05, 3.63) is 36.4 Å². The Morgan fingerprint density at radius 2 is 2.00 bits per heavy atom. The summed E-state index contributed by atoms with van der Waals surface area (Å²) in [6, 6.07) is 6.98. The fraction of sp³-hybridized carbons (Fsp3) is 0.357. The average molecular weight is 329 g/mol. The van der Waals surface area contributed by atoms with E-state index in [2.05, 4.69) is 9.71 Å². The minimum absolute atomic E-state index is 0.000726. The summed E-state index contributed by atoms with van der Waals surface area (Å²) in [5.74, 6) is 0.804. The van der Waals surface area contributed by atoms with Crippen LogP contribution in [-0.2, 0) is 10.0 Å². The number of oxazole rings is 1. The molecule has 1 atom stereocenters. The van der Waals surface area contributed by atoms with E-state index in [4.69, 9.17) is 16.0 Å². The second kappa shape index (κ2) is 6.49. The Morgan fingerprint density at radius 3 is 2.52 bits per heavy atom. The van der Waals surface area contributed by atoms with Crippen molar-refractivity contribution in [2.45, 2.75) is 13.8 Å². The Balaban J connectivity index is 2.09. The molecular formula is C14H17ClN2O3S. The number of alkyl halides is 1. The van der Waals surface area contributed by atoms with Gasteiger partial charge in [0.2, 0.25) is 10.0 Å². The van der Waals surface area contributed by atoms with Crippen LogP contribution >= 0.6 is 11.6 Å². The second-order valence-electron chi connectivity index (χ2n) is 4.97. The molecule has 1 heterocycles. The van der Waals surface area contributed by atoms with Crippen LogP contribution < -0.4 is 4.72 Å². The SMILES string of the molecule is Cc1nc(-c2ccc(NS(=O)(=O)CC(C)CCl)cc2)co1. The summed E-state index contributed by atoms with van der Waals surface area (Å²) >= 11 is 5.64. The largest absolute Gasteiger partial charge is 0.449 e. The van der Waals surface area contributed by atoms with E-state index in [1.807, 2.05) is 0 Å². The molecule has 2 aromatic rings. The van der Waals surface area contributed by atoms with Gasteiger partial charge in [-0.2, -0.15) is 0 Å². The summed E-state index contributed by atoms with van der Waals surface area (Å²) in [5, 5.41) is 0. The van der Waals surface area contributed by atoms with Gasteiger partial charge in [-0.3, -0.25) is 4.72 Å². The summed E-state index contributed by atoms with van der Waals surface area (Å²) in [4.78, 5) is 4.22. The van der Waals surface area contributed by atoms with E-state index in [1.165, 1.54) is 0 Å². The number of hydrogen-bond donors (Lipinski definition) is 1. The van der Waals surface area contributed by atoms with Crippen molar-refractivity contribution in [1.82, 2.24) is 4.98 Å². The van der Waals surface area contributed by atoms with Gasteiger partial charge in [0, 0.05) is 24.1 Å². The third-order valence-electron chi connectivity index (χ3n) is 2.84. The predicted octanol–water partition coefficient (Wildman–Crippen LogP) is 3.27. The van der Waals surface area contributed by atoms with Crippen molar-refractivity contribution >= 4 is 27.3 Å². The van der Waals surface area contributed by atoms with E-state index < -0.39 is 10.0 Å². The normalized spacial score (nSPS) is 13.1. The first-order valence-corrected chi connectivity index (χ1v) is 8.67. The number of nitrogens with zero attached hydrogens (tertiary/aromatic N) is 1. The van der Waals surface area contributed by atoms with Gasteiger partial charge in [0.05, 0.1) is 5.75 Å². The van der Waals surface area contributed by atoms with Crippen molar-refractivity contribution in [2.24, 2.45) is 5.92 Å². The number of hydrogen-bond acceptors (Lipinski definition) is 4. The monoisotopic (exact) mass is 328 g/mol. The van der Waals surface area contributed by atoms with Crippen LogP contribution in [0.2, 0.25) is 0 Å². The summed E-state index contributed by atoms with van der Waals surface area (Å²) in [7, 11) is -3.39. The van der Waals surface area contributed by atoms with Gasteiger partial charge in [0.1, 0.15) is 12.0 Å². The summed E-state index contributed by atoms with van der Waals surface area (Å²) in [6.07, 6.45) is 1.57. The maximum Gasteiger partial charge on any atom is 0.233 e. The van der Waals surface area contributed by atoms with Crippen LogP contribution in [0.15, 0.2) is 34.9 Å². The van der Waals surface area contributed by atoms with Gasteiger partial charge in [-0.1, -0.05) is 19.1 Å². The van der Waals surface area contributed by atoms with Crippen molar-refractivity contribution < 1.29 is 12.8 Å². The van der Waals surface area contributed by atoms with Gasteiger partial charge < -0.3 is 4.42 Å². The smallest absolute Gasteiger partial charge is 0.233 e. The van der Waals surface area contributed by atoms with Crippen molar-refractivity contribution in [1.29, 1.82) is 0 Å². The lowest BCUT2D eigenvalue weighted by Gasteiger charge is -2.11. The number of benzene rings is 1. The summed E-state index contributed by atoms with van der Waals surface area (Å²) in [6.45, 7) is 3.56. The Hall–Kier alpha value is -1.53. The van der Waals surface area contributed by atoms with Gasteiger partial charge in [-0.25, -0.2) is 13.4 Å². The molecule has 0 aliphatic carbocycles. The number of aryl methyl sites for hydroxylation is 1. The van der Waals surface area contributed by atoms with E-state index in [1.54, 1.807) is 44.4 Å². The first kappa shape index (κ1) is 15.9. The molecule has 0 radical (unpaired) electrons. The average Bonchev–Trinajstić information content (AvgIpc) is 2.85. The van der Waals surface area contributed by atoms with E-state index in [-0.39, 0.29) is 11.7 Å². The van der Waals surface area contributed by atoms with Crippen molar-refractivity contribution in [3.8, 4) is 11.3 Å². The van der Waals surface area contributed by atoms with Gasteiger partial charge in [0.25, 0.3) is 0 Å². The minimum Gasteiger partial charge on any atom is -0.449 e. The molecule has 0 aliphatic rings. The Labute approximate surface area is 129 Å². The molecule has 21 heavy (non-hydrogen) atoms. The van der Waals surface area contributed by atoms with Crippen LogP contribution in [0.5, 0.6) is 0 Å². The molecule has 0 fully saturated rings. The lowest BCUT2D eigenvalue weighted by Crippen LogP contribution is -2.22. The molecule has 0 spiro atoms. The van der Waals surface area contributed by atoms with Crippen LogP contribution in [-0.4, -0.2) is 25.0 Å². The maximum atomic E-state index is 11.9. The highest BCUT2D eigenvalue weighted by atomic mass is 35.5. The van der Waals surface area contributed by atoms with E-state index in [0.717, 1.165) is 11.3 Å². The first-order chi connectivity index (χ1) is 9.89. The third kappa shape index (κ3) is 4.47. The Kier molecular flexibility index (Phi) is 4.90. The first-order valence-electron chi connectivity index (χ1n) is 6.48. The van der Waals surface area contributed by atoms with Crippen molar-refractivity contribution in [2.75, 3.05) is 16.4 Å². The molecular weight excluding hydrogens is 312 g/mol. The fourth-order valence-electron chi connectivity index (χ4n) is 1.85. The third-order valence-corrected chi connectivity index (χ3v) is 4.92. The van der Waals surface area contributed by atoms with E-state index in [9.17, 15) is 8.42 Å². The molecule has 0 saturated carbocycles. The standard InChI is InChI=1S/C14H17ClN2O3S/c1-10(7-15)9-21(18,19)17-13-5-3-12(4-6-13)14-8-20-11(2)16-14/h3-6,8,10,17H,7,9H2,1-2H3. The number of aromatic nitrogens is 1. The molecule has 1 unspecified atom stereocenters. The number of sulfonamides is 1. The number of rotatable bonds is 6. The molecule has 1 aromatic carbocycles. The van der Waals surface area contributed by atoms with Gasteiger partial charge in [-0.05, 0) is 18.1 Å². The number of nitrogens with one attached hydrogen (secondary N) is 1. The Bertz CT molecular complexity index is 695. The quantitative estimate of drug-likeness (QED) is 0.826. The molecule has 114 valence electrons. The molecule has 0 saturated heterocycles. The number of halogens is 1. The molecule has 0 aliphatic heterocycles. The van der Waals surface area contributed by atoms with Gasteiger partial charge in [-0.15, -0.1) is 11.6 Å². The molecule has 2 rings (SSSR count). The molecule has 1 N–H and O–H groups in total. The van der Waals surface area contributed by atoms with Gasteiger partial charge in [0.15, 0.2) is 5.89 Å². The number of anilines is 1. The van der Waals surface area contributed by atoms with Crippen LogP contribution in [0, 0.1) is 12.8 Å². The molecule has 0 bridgehead atoms. The maximum absolute atomic E-state index is 11.9. The zero-order chi connectivity index (χ0) is 15.5. The van der Waals surface area contributed by atoms with E-state index >= 15 is 0 Å². The van der Waals surface area contributed by atoms with Crippen LogP contribution in [0.25, 0.3) is 11.3 Å². The van der Waals surface area contributed by atoms with Crippen molar-refractivity contribution in [3.63, 3.8) is 0 Å². The topological polar surface area (TPSA) is 72.2 Å². The molecule has 5 nitrogen and oxygen atoms in total. The second-order valence-corrected chi connectivity index (χ2v) is 7.05. The van der Waals surface area contributed by atoms with Gasteiger partial charge >= 0.3 is 0 Å². The minimum atomic E-state index is -3.39. The highest BCUT2D eigenvalue weighted by Crippen LogP contribution is 2.21. The molecule has 1 aromatic heterocycles. The zero-order valence-electron chi connectivity index (χ0n) is 11.8. The predicted molar refractivity (Wildman–Crippen MR) is 84.0 cm³/mol. The highest BCUT2D eigenvalue weighted by Gasteiger charge is 2.15. The van der Waals surface area contributed by atoms with E-state index in [0.29, 0.717) is 17.5 Å². The van der Waals surface area contributed by atoms with Crippen LogP contribution in [0.4, 0.5) is 5.69 Å². The van der Waals surface area contributed by atoms with Crippen LogP contribution in [0.3, 0.4) is 0 Å². The fourth-order valence-corrected chi connectivity index (χ4v) is 3.53. The lowest BCUT2D eigenvalue weighted by atomic mass is 10.1. The summed E-state index contributed by atoms with van der Waals surface area (Å²) in [5.41, 5.74) is 2.10. The molecule has 7 heteroatoms. The lowest BCUT2D eigenvalue weighted by molar-refractivity contribution is 0.521. The zero-order valence-corrected chi connectivity index (χ0v) is 13.4. The summed E-state index contributed by atoms with van der Waals surface area (Å²) < 4.78 is 31.5. The molecule has 0 amide bonds. The highest BCUT2D eigenvalue weighted by molar-refractivity contribution is 7.92. The Morgan fingerprint density at radius 1 is 1.33 bits per heavy atom.